The monoisotopic (exact) mass is 455 g/mol. The van der Waals surface area contributed by atoms with Gasteiger partial charge in [0.05, 0.1) is 4.90 Å². The molecule has 2 aromatic rings. The van der Waals surface area contributed by atoms with Gasteiger partial charge in [-0.25, -0.2) is 8.42 Å². The Balaban J connectivity index is 1.51. The number of nitrogens with zero attached hydrogens (tertiary/aromatic N) is 1. The van der Waals surface area contributed by atoms with Gasteiger partial charge in [0.25, 0.3) is 10.0 Å². The van der Waals surface area contributed by atoms with Crippen LogP contribution in [0.5, 0.6) is 0 Å². The second-order valence-corrected chi connectivity index (χ2v) is 10.2. The van der Waals surface area contributed by atoms with Crippen LogP contribution in [0.4, 0.5) is 17.1 Å². The molecule has 8 heteroatoms. The number of fused-ring (bicyclic) bond motifs is 1. The van der Waals surface area contributed by atoms with Crippen molar-refractivity contribution < 1.29 is 18.0 Å². The van der Waals surface area contributed by atoms with Crippen molar-refractivity contribution in [3.05, 3.63) is 47.5 Å². The first-order valence-electron chi connectivity index (χ1n) is 11.2. The van der Waals surface area contributed by atoms with E-state index in [1.165, 1.54) is 6.07 Å². The number of amides is 2. The van der Waals surface area contributed by atoms with Gasteiger partial charge in [-0.15, -0.1) is 0 Å². The van der Waals surface area contributed by atoms with Gasteiger partial charge >= 0.3 is 0 Å². The normalized spacial score (nSPS) is 16.1. The van der Waals surface area contributed by atoms with Gasteiger partial charge in [-0.1, -0.05) is 19.8 Å². The maximum Gasteiger partial charge on any atom is 0.262 e. The third-order valence-corrected chi connectivity index (χ3v) is 7.81. The summed E-state index contributed by atoms with van der Waals surface area (Å²) < 4.78 is 28.6. The summed E-state index contributed by atoms with van der Waals surface area (Å²) in [6, 6.07) is 10.1. The van der Waals surface area contributed by atoms with E-state index in [9.17, 15) is 18.0 Å². The van der Waals surface area contributed by atoms with Gasteiger partial charge in [-0.3, -0.25) is 14.3 Å². The molecule has 32 heavy (non-hydrogen) atoms. The number of benzene rings is 2. The standard InChI is InChI=1S/C24H29N3O4S/c1-3-23(28)25-19-9-11-22(16(2)14-19)32(30,31)26-20-8-10-21-18(15-20)12-13-27(21)24(29)17-6-4-5-7-17/h8-11,14-15,17,26H,3-7,12-13H2,1-2H3,(H,25,28). The minimum absolute atomic E-state index is 0.118. The van der Waals surface area contributed by atoms with Crippen molar-refractivity contribution in [3.8, 4) is 0 Å². The summed E-state index contributed by atoms with van der Waals surface area (Å²) in [5, 5.41) is 2.74. The zero-order chi connectivity index (χ0) is 22.9. The number of hydrogen-bond acceptors (Lipinski definition) is 4. The number of carbonyl (C=O) groups is 2. The predicted octanol–water partition coefficient (Wildman–Crippen LogP) is 4.22. The van der Waals surface area contributed by atoms with Crippen molar-refractivity contribution in [2.45, 2.75) is 57.3 Å². The van der Waals surface area contributed by atoms with Gasteiger partial charge in [0, 0.05) is 35.9 Å². The van der Waals surface area contributed by atoms with E-state index in [-0.39, 0.29) is 22.6 Å². The smallest absolute Gasteiger partial charge is 0.262 e. The molecule has 0 unspecified atom stereocenters. The molecule has 1 fully saturated rings. The van der Waals surface area contributed by atoms with E-state index in [2.05, 4.69) is 10.0 Å². The highest BCUT2D eigenvalue weighted by Gasteiger charge is 2.32. The number of sulfonamides is 1. The topological polar surface area (TPSA) is 95.6 Å². The number of aryl methyl sites for hydroxylation is 1. The van der Waals surface area contributed by atoms with Crippen LogP contribution in [0.1, 0.15) is 50.2 Å². The number of nitrogens with one attached hydrogen (secondary N) is 2. The summed E-state index contributed by atoms with van der Waals surface area (Å²) in [7, 11) is -3.80. The maximum absolute atomic E-state index is 13.0. The molecule has 1 saturated carbocycles. The van der Waals surface area contributed by atoms with E-state index >= 15 is 0 Å². The summed E-state index contributed by atoms with van der Waals surface area (Å²) >= 11 is 0. The van der Waals surface area contributed by atoms with E-state index in [0.29, 0.717) is 36.3 Å². The molecule has 0 radical (unpaired) electrons. The molecule has 170 valence electrons. The molecule has 0 bridgehead atoms. The van der Waals surface area contributed by atoms with E-state index in [4.69, 9.17) is 0 Å². The molecule has 0 aromatic heterocycles. The average Bonchev–Trinajstić information content (AvgIpc) is 3.42. The van der Waals surface area contributed by atoms with E-state index in [1.807, 2.05) is 17.0 Å². The lowest BCUT2D eigenvalue weighted by molar-refractivity contribution is -0.122. The van der Waals surface area contributed by atoms with Crippen molar-refractivity contribution in [1.29, 1.82) is 0 Å². The van der Waals surface area contributed by atoms with Crippen LogP contribution in [0, 0.1) is 12.8 Å². The van der Waals surface area contributed by atoms with Crippen molar-refractivity contribution in [3.63, 3.8) is 0 Å². The van der Waals surface area contributed by atoms with Crippen molar-refractivity contribution >= 4 is 38.9 Å². The number of hydrogen-bond donors (Lipinski definition) is 2. The second kappa shape index (κ2) is 8.94. The number of rotatable bonds is 6. The second-order valence-electron chi connectivity index (χ2n) is 8.55. The summed E-state index contributed by atoms with van der Waals surface area (Å²) in [4.78, 5) is 26.4. The fraction of sp³-hybridized carbons (Fsp3) is 0.417. The predicted molar refractivity (Wildman–Crippen MR) is 125 cm³/mol. The number of carbonyl (C=O) groups excluding carboxylic acids is 2. The molecule has 0 spiro atoms. The van der Waals surface area contributed by atoms with E-state index in [0.717, 1.165) is 36.9 Å². The van der Waals surface area contributed by atoms with E-state index < -0.39 is 10.0 Å². The summed E-state index contributed by atoms with van der Waals surface area (Å²) in [5.74, 6) is 0.185. The van der Waals surface area contributed by atoms with Crippen LogP contribution < -0.4 is 14.9 Å². The summed E-state index contributed by atoms with van der Waals surface area (Å²) in [5.41, 5.74) is 3.45. The Labute approximate surface area is 189 Å². The van der Waals surface area contributed by atoms with Crippen molar-refractivity contribution in [2.24, 2.45) is 5.92 Å². The van der Waals surface area contributed by atoms with Gasteiger partial charge in [-0.05, 0) is 73.7 Å². The minimum Gasteiger partial charge on any atom is -0.326 e. The minimum atomic E-state index is -3.80. The quantitative estimate of drug-likeness (QED) is 0.682. The van der Waals surface area contributed by atoms with Crippen LogP contribution in [-0.2, 0) is 26.0 Å². The van der Waals surface area contributed by atoms with Crippen LogP contribution in [0.15, 0.2) is 41.3 Å². The Hall–Kier alpha value is -2.87. The summed E-state index contributed by atoms with van der Waals surface area (Å²) in [6.07, 6.45) is 5.22. The average molecular weight is 456 g/mol. The Morgan fingerprint density at radius 2 is 1.78 bits per heavy atom. The molecule has 2 aromatic carbocycles. The molecular formula is C24H29N3O4S. The zero-order valence-electron chi connectivity index (χ0n) is 18.5. The SMILES string of the molecule is CCC(=O)Nc1ccc(S(=O)(=O)Nc2ccc3c(c2)CCN3C(=O)C2CCCC2)c(C)c1. The first-order valence-corrected chi connectivity index (χ1v) is 12.6. The maximum atomic E-state index is 13.0. The van der Waals surface area contributed by atoms with Crippen LogP contribution >= 0.6 is 0 Å². The van der Waals surface area contributed by atoms with Crippen molar-refractivity contribution in [2.75, 3.05) is 21.5 Å². The molecule has 4 rings (SSSR count). The van der Waals surface area contributed by atoms with Gasteiger partial charge in [-0.2, -0.15) is 0 Å². The Bertz CT molecular complexity index is 1150. The lowest BCUT2D eigenvalue weighted by Crippen LogP contribution is -2.33. The molecule has 2 amide bonds. The third kappa shape index (κ3) is 4.50. The molecule has 2 aliphatic rings. The molecule has 1 heterocycles. The highest BCUT2D eigenvalue weighted by molar-refractivity contribution is 7.92. The van der Waals surface area contributed by atoms with E-state index in [1.54, 1.807) is 32.0 Å². The first kappa shape index (κ1) is 22.3. The lowest BCUT2D eigenvalue weighted by atomic mass is 10.1. The highest BCUT2D eigenvalue weighted by atomic mass is 32.2. The first-order chi connectivity index (χ1) is 15.3. The largest absolute Gasteiger partial charge is 0.326 e. The van der Waals surface area contributed by atoms with Gasteiger partial charge in [0.15, 0.2) is 0 Å². The van der Waals surface area contributed by atoms with Crippen molar-refractivity contribution in [1.82, 2.24) is 0 Å². The number of anilines is 3. The molecule has 1 aliphatic carbocycles. The zero-order valence-corrected chi connectivity index (χ0v) is 19.3. The molecule has 0 saturated heterocycles. The highest BCUT2D eigenvalue weighted by Crippen LogP contribution is 2.35. The molecule has 0 atom stereocenters. The van der Waals surface area contributed by atoms with Gasteiger partial charge < -0.3 is 10.2 Å². The lowest BCUT2D eigenvalue weighted by Gasteiger charge is -2.21. The van der Waals surface area contributed by atoms with Gasteiger partial charge in [0.1, 0.15) is 0 Å². The van der Waals surface area contributed by atoms with Crippen LogP contribution in [0.3, 0.4) is 0 Å². The Morgan fingerprint density at radius 1 is 1.06 bits per heavy atom. The fourth-order valence-corrected chi connectivity index (χ4v) is 5.85. The van der Waals surface area contributed by atoms with Gasteiger partial charge in [0.2, 0.25) is 11.8 Å². The van der Waals surface area contributed by atoms with Crippen LogP contribution in [0.2, 0.25) is 0 Å². The molecule has 1 aliphatic heterocycles. The Morgan fingerprint density at radius 3 is 2.47 bits per heavy atom. The molecular weight excluding hydrogens is 426 g/mol. The third-order valence-electron chi connectivity index (χ3n) is 6.27. The summed E-state index contributed by atoms with van der Waals surface area (Å²) in [6.45, 7) is 4.10. The van der Waals surface area contributed by atoms with Crippen LogP contribution in [0.25, 0.3) is 0 Å². The fourth-order valence-electron chi connectivity index (χ4n) is 4.58. The van der Waals surface area contributed by atoms with Crippen LogP contribution in [-0.4, -0.2) is 26.8 Å². The molecule has 2 N–H and O–H groups in total. The molecule has 7 nitrogen and oxygen atoms in total. The Kier molecular flexibility index (Phi) is 6.24.